The van der Waals surface area contributed by atoms with Gasteiger partial charge in [-0.05, 0) is 11.8 Å². The second kappa shape index (κ2) is 5.33. The molecule has 0 aliphatic heterocycles. The molecule has 0 amide bonds. The van der Waals surface area contributed by atoms with Crippen molar-refractivity contribution in [3.8, 4) is 0 Å². The van der Waals surface area contributed by atoms with Crippen LogP contribution in [0.25, 0.3) is 0 Å². The van der Waals surface area contributed by atoms with E-state index in [-0.39, 0.29) is 5.41 Å². The second-order valence-corrected chi connectivity index (χ2v) is 6.63. The molecule has 0 aliphatic carbocycles. The second-order valence-electron chi connectivity index (χ2n) is 6.63. The molecule has 1 unspecified atom stereocenters. The van der Waals surface area contributed by atoms with Crippen LogP contribution in [0.4, 0.5) is 5.82 Å². The van der Waals surface area contributed by atoms with Gasteiger partial charge in [-0.3, -0.25) is 0 Å². The zero-order valence-corrected chi connectivity index (χ0v) is 13.0. The lowest BCUT2D eigenvalue weighted by Crippen LogP contribution is -2.17. The molecule has 1 rings (SSSR count). The first kappa shape index (κ1) is 15.1. The highest BCUT2D eigenvalue weighted by Gasteiger charge is 2.28. The van der Waals surface area contributed by atoms with E-state index in [1.54, 1.807) is 0 Å². The molecule has 0 fully saturated rings. The van der Waals surface area contributed by atoms with E-state index in [0.29, 0.717) is 11.8 Å². The Hall–Kier alpha value is -0.990. The maximum Gasteiger partial charge on any atom is 0.127 e. The molecule has 104 valence electrons. The van der Waals surface area contributed by atoms with Crippen LogP contribution < -0.4 is 5.73 Å². The lowest BCUT2D eigenvalue weighted by molar-refractivity contribution is 0.335. The van der Waals surface area contributed by atoms with Crippen LogP contribution in [0.2, 0.25) is 0 Å². The van der Waals surface area contributed by atoms with Crippen LogP contribution in [-0.2, 0) is 6.54 Å². The third kappa shape index (κ3) is 2.88. The van der Waals surface area contributed by atoms with Gasteiger partial charge in [0.25, 0.3) is 0 Å². The smallest absolute Gasteiger partial charge is 0.127 e. The summed E-state index contributed by atoms with van der Waals surface area (Å²) in [5.41, 5.74) is 7.58. The number of aromatic nitrogens is 2. The summed E-state index contributed by atoms with van der Waals surface area (Å²) in [4.78, 5) is 4.83. The van der Waals surface area contributed by atoms with E-state index in [1.165, 1.54) is 0 Å². The third-order valence-electron chi connectivity index (χ3n) is 3.74. The van der Waals surface area contributed by atoms with E-state index in [9.17, 15) is 0 Å². The van der Waals surface area contributed by atoms with Gasteiger partial charge in [0.05, 0.1) is 5.69 Å². The lowest BCUT2D eigenvalue weighted by Gasteiger charge is -2.26. The fraction of sp³-hybridized carbons (Fsp3) is 0.800. The molecule has 3 nitrogen and oxygen atoms in total. The van der Waals surface area contributed by atoms with Gasteiger partial charge >= 0.3 is 0 Å². The van der Waals surface area contributed by atoms with E-state index in [2.05, 4.69) is 53.0 Å². The molecule has 1 atom stereocenters. The summed E-state index contributed by atoms with van der Waals surface area (Å²) in [5, 5.41) is 0. The fourth-order valence-electron chi connectivity index (χ4n) is 2.13. The summed E-state index contributed by atoms with van der Waals surface area (Å²) in [6.07, 6.45) is 1.09. The predicted octanol–water partition coefficient (Wildman–Crippen LogP) is 4.15. The van der Waals surface area contributed by atoms with Crippen molar-refractivity contribution in [2.45, 2.75) is 73.3 Å². The zero-order valence-electron chi connectivity index (χ0n) is 13.0. The summed E-state index contributed by atoms with van der Waals surface area (Å²) < 4.78 is 2.20. The molecule has 0 spiro atoms. The van der Waals surface area contributed by atoms with E-state index < -0.39 is 0 Å². The quantitative estimate of drug-likeness (QED) is 0.873. The number of nitrogens with two attached hydrogens (primary N) is 1. The molecule has 0 bridgehead atoms. The van der Waals surface area contributed by atoms with Gasteiger partial charge in [-0.2, -0.15) is 0 Å². The van der Waals surface area contributed by atoms with Gasteiger partial charge in [0.1, 0.15) is 11.6 Å². The minimum atomic E-state index is 0.188. The largest absolute Gasteiger partial charge is 0.384 e. The highest BCUT2D eigenvalue weighted by Crippen LogP contribution is 2.37. The maximum atomic E-state index is 6.33. The number of rotatable bonds is 4. The first-order valence-electron chi connectivity index (χ1n) is 7.05. The monoisotopic (exact) mass is 251 g/mol. The lowest BCUT2D eigenvalue weighted by atomic mass is 9.80. The molecule has 0 saturated heterocycles. The summed E-state index contributed by atoms with van der Waals surface area (Å²) in [6.45, 7) is 16.4. The first-order chi connectivity index (χ1) is 8.20. The Labute approximate surface area is 112 Å². The molecule has 0 aliphatic rings. The Morgan fingerprint density at radius 3 is 2.17 bits per heavy atom. The molecular weight excluding hydrogens is 222 g/mol. The van der Waals surface area contributed by atoms with Crippen LogP contribution in [0, 0.1) is 5.41 Å². The number of imidazole rings is 1. The Morgan fingerprint density at radius 2 is 1.78 bits per heavy atom. The maximum absolute atomic E-state index is 6.33. The first-order valence-corrected chi connectivity index (χ1v) is 7.05. The Morgan fingerprint density at radius 1 is 1.22 bits per heavy atom. The van der Waals surface area contributed by atoms with Crippen LogP contribution in [0.5, 0.6) is 0 Å². The average Bonchev–Trinajstić information content (AvgIpc) is 2.55. The van der Waals surface area contributed by atoms with Crippen LogP contribution in [-0.4, -0.2) is 9.55 Å². The SMILES string of the molecule is CCCn1c(C(C)C)nc(C(C)C(C)(C)C)c1N. The highest BCUT2D eigenvalue weighted by atomic mass is 15.1. The molecule has 18 heavy (non-hydrogen) atoms. The van der Waals surface area contributed by atoms with Crippen molar-refractivity contribution < 1.29 is 0 Å². The highest BCUT2D eigenvalue weighted by molar-refractivity contribution is 5.41. The number of nitrogens with zero attached hydrogens (tertiary/aromatic N) is 2. The van der Waals surface area contributed by atoms with Crippen molar-refractivity contribution in [2.75, 3.05) is 5.73 Å². The zero-order chi connectivity index (χ0) is 14.1. The van der Waals surface area contributed by atoms with Crippen molar-refractivity contribution in [3.05, 3.63) is 11.5 Å². The van der Waals surface area contributed by atoms with Gasteiger partial charge in [-0.15, -0.1) is 0 Å². The van der Waals surface area contributed by atoms with Gasteiger partial charge in [-0.25, -0.2) is 4.98 Å². The molecule has 0 saturated carbocycles. The Balaban J connectivity index is 3.27. The fourth-order valence-corrected chi connectivity index (χ4v) is 2.13. The summed E-state index contributed by atoms with van der Waals surface area (Å²) in [5.74, 6) is 2.77. The van der Waals surface area contributed by atoms with Crippen LogP contribution >= 0.6 is 0 Å². The molecule has 3 heteroatoms. The van der Waals surface area contributed by atoms with Crippen LogP contribution in [0.3, 0.4) is 0 Å². The molecule has 0 aromatic carbocycles. The minimum absolute atomic E-state index is 0.188. The summed E-state index contributed by atoms with van der Waals surface area (Å²) in [6, 6.07) is 0. The van der Waals surface area contributed by atoms with Crippen molar-refractivity contribution in [2.24, 2.45) is 5.41 Å². The average molecular weight is 251 g/mol. The molecule has 2 N–H and O–H groups in total. The van der Waals surface area contributed by atoms with Crippen molar-refractivity contribution in [3.63, 3.8) is 0 Å². The van der Waals surface area contributed by atoms with E-state index in [0.717, 1.165) is 30.3 Å². The number of nitrogen functional groups attached to an aromatic ring is 1. The Bertz CT molecular complexity index is 397. The minimum Gasteiger partial charge on any atom is -0.384 e. The van der Waals surface area contributed by atoms with E-state index in [4.69, 9.17) is 10.7 Å². The number of hydrogen-bond acceptors (Lipinski definition) is 2. The van der Waals surface area contributed by atoms with Gasteiger partial charge in [-0.1, -0.05) is 48.5 Å². The van der Waals surface area contributed by atoms with Gasteiger partial charge < -0.3 is 10.3 Å². The molecular formula is C15H29N3. The Kier molecular flexibility index (Phi) is 4.46. The van der Waals surface area contributed by atoms with Crippen LogP contribution in [0.1, 0.15) is 78.2 Å². The number of anilines is 1. The van der Waals surface area contributed by atoms with E-state index in [1.807, 2.05) is 0 Å². The summed E-state index contributed by atoms with van der Waals surface area (Å²) >= 11 is 0. The van der Waals surface area contributed by atoms with Crippen molar-refractivity contribution >= 4 is 5.82 Å². The molecule has 1 aromatic rings. The van der Waals surface area contributed by atoms with Gasteiger partial charge in [0.15, 0.2) is 0 Å². The topological polar surface area (TPSA) is 43.8 Å². The number of hydrogen-bond donors (Lipinski definition) is 1. The van der Waals surface area contributed by atoms with Crippen molar-refractivity contribution in [1.82, 2.24) is 9.55 Å². The van der Waals surface area contributed by atoms with Gasteiger partial charge in [0.2, 0.25) is 0 Å². The molecule has 1 heterocycles. The third-order valence-corrected chi connectivity index (χ3v) is 3.74. The normalized spacial score (nSPS) is 14.2. The van der Waals surface area contributed by atoms with Crippen LogP contribution in [0.15, 0.2) is 0 Å². The molecule has 0 radical (unpaired) electrons. The standard InChI is InChI=1S/C15H29N3/c1-8-9-18-13(16)12(11(4)15(5,6)7)17-14(18)10(2)3/h10-11H,8-9,16H2,1-7H3. The van der Waals surface area contributed by atoms with Gasteiger partial charge in [0, 0.05) is 18.4 Å². The molecule has 1 aromatic heterocycles. The predicted molar refractivity (Wildman–Crippen MR) is 78.9 cm³/mol. The van der Waals surface area contributed by atoms with E-state index >= 15 is 0 Å². The van der Waals surface area contributed by atoms with Crippen molar-refractivity contribution in [1.29, 1.82) is 0 Å². The summed E-state index contributed by atoms with van der Waals surface area (Å²) in [7, 11) is 0.